The summed E-state index contributed by atoms with van der Waals surface area (Å²) in [7, 11) is 0. The Labute approximate surface area is 161 Å². The van der Waals surface area contributed by atoms with E-state index in [9.17, 15) is 4.79 Å². The van der Waals surface area contributed by atoms with E-state index < -0.39 is 17.4 Å². The molecule has 0 aliphatic heterocycles. The Morgan fingerprint density at radius 2 is 1.85 bits per heavy atom. The van der Waals surface area contributed by atoms with Crippen molar-refractivity contribution in [3.8, 4) is 0 Å². The molecule has 27 heavy (non-hydrogen) atoms. The quantitative estimate of drug-likeness (QED) is 0.736. The van der Waals surface area contributed by atoms with Crippen molar-refractivity contribution in [3.63, 3.8) is 0 Å². The van der Waals surface area contributed by atoms with Crippen LogP contribution in [0.5, 0.6) is 0 Å². The second kappa shape index (κ2) is 8.26. The number of hydrogen-bond acceptors (Lipinski definition) is 4. The van der Waals surface area contributed by atoms with Gasteiger partial charge in [0.1, 0.15) is 11.4 Å². The van der Waals surface area contributed by atoms with Gasteiger partial charge in [0, 0.05) is 38.3 Å². The summed E-state index contributed by atoms with van der Waals surface area (Å²) in [5.74, 6) is 0.710. The van der Waals surface area contributed by atoms with Crippen LogP contribution in [0.4, 0.5) is 10.5 Å². The fourth-order valence-corrected chi connectivity index (χ4v) is 2.58. The van der Waals surface area contributed by atoms with Gasteiger partial charge in [0.2, 0.25) is 0 Å². The molecule has 2 rings (SSSR count). The van der Waals surface area contributed by atoms with Gasteiger partial charge in [0.05, 0.1) is 0 Å². The summed E-state index contributed by atoms with van der Waals surface area (Å²) in [5.41, 5.74) is 0.993. The van der Waals surface area contributed by atoms with Crippen molar-refractivity contribution in [2.75, 3.05) is 5.32 Å². The van der Waals surface area contributed by atoms with Gasteiger partial charge in [-0.3, -0.25) is 4.85 Å². The van der Waals surface area contributed by atoms with E-state index in [-0.39, 0.29) is 0 Å². The maximum Gasteiger partial charge on any atom is 0.419 e. The molecule has 1 N–H and O–H groups in total. The molecular weight excluding hydrogens is 340 g/mol. The standard InChI is InChI=1S/C21H28N4O2/c1-20(2,3)27-19(26)25-15-14-23-18(25)9-7-8-16-10-12-17(13-11-16)24-21(4,5)22-6/h10-15,24H,7-9H2,1-5H3. The topological polar surface area (TPSA) is 60.5 Å². The van der Waals surface area contributed by atoms with Gasteiger partial charge in [-0.15, -0.1) is 0 Å². The normalized spacial score (nSPS) is 11.7. The summed E-state index contributed by atoms with van der Waals surface area (Å²) in [4.78, 5) is 20.1. The van der Waals surface area contributed by atoms with Crippen molar-refractivity contribution in [1.29, 1.82) is 0 Å². The second-order valence-electron chi connectivity index (χ2n) is 8.04. The first-order valence-electron chi connectivity index (χ1n) is 9.11. The Kier molecular flexibility index (Phi) is 6.27. The average molecular weight is 368 g/mol. The van der Waals surface area contributed by atoms with Gasteiger partial charge < -0.3 is 10.1 Å². The number of benzene rings is 1. The number of carbonyl (C=O) groups excluding carboxylic acids is 1. The van der Waals surface area contributed by atoms with Gasteiger partial charge in [-0.25, -0.2) is 20.9 Å². The smallest absolute Gasteiger partial charge is 0.419 e. The van der Waals surface area contributed by atoms with Crippen LogP contribution < -0.4 is 5.32 Å². The molecule has 1 aromatic heterocycles. The highest BCUT2D eigenvalue weighted by atomic mass is 16.6. The van der Waals surface area contributed by atoms with Crippen LogP contribution in [0.25, 0.3) is 4.85 Å². The zero-order valence-electron chi connectivity index (χ0n) is 16.7. The summed E-state index contributed by atoms with van der Waals surface area (Å²) in [6.45, 7) is 16.4. The Bertz CT molecular complexity index is 808. The van der Waals surface area contributed by atoms with Crippen LogP contribution in [0.15, 0.2) is 36.7 Å². The van der Waals surface area contributed by atoms with Crippen LogP contribution in [0.2, 0.25) is 0 Å². The first-order valence-corrected chi connectivity index (χ1v) is 9.11. The summed E-state index contributed by atoms with van der Waals surface area (Å²) in [6, 6.07) is 8.10. The highest BCUT2D eigenvalue weighted by Gasteiger charge is 2.21. The molecule has 1 aromatic carbocycles. The third-order valence-corrected chi connectivity index (χ3v) is 3.86. The number of rotatable bonds is 6. The number of ether oxygens (including phenoxy) is 1. The molecule has 0 radical (unpaired) electrons. The number of hydrogen-bond donors (Lipinski definition) is 1. The van der Waals surface area contributed by atoms with Crippen molar-refractivity contribution < 1.29 is 9.53 Å². The third kappa shape index (κ3) is 6.45. The molecule has 0 unspecified atom stereocenters. The number of nitrogens with zero attached hydrogens (tertiary/aromatic N) is 3. The summed E-state index contributed by atoms with van der Waals surface area (Å²) < 4.78 is 6.88. The van der Waals surface area contributed by atoms with E-state index in [1.54, 1.807) is 12.4 Å². The molecule has 6 nitrogen and oxygen atoms in total. The van der Waals surface area contributed by atoms with E-state index in [1.807, 2.05) is 46.8 Å². The van der Waals surface area contributed by atoms with E-state index in [4.69, 9.17) is 11.3 Å². The molecule has 0 saturated carbocycles. The van der Waals surface area contributed by atoms with E-state index in [1.165, 1.54) is 10.1 Å². The van der Waals surface area contributed by atoms with Crippen LogP contribution >= 0.6 is 0 Å². The maximum absolute atomic E-state index is 12.2. The van der Waals surface area contributed by atoms with Crippen molar-refractivity contribution in [2.24, 2.45) is 0 Å². The van der Waals surface area contributed by atoms with E-state index in [2.05, 4.69) is 27.3 Å². The Hall–Kier alpha value is -2.81. The van der Waals surface area contributed by atoms with Crippen LogP contribution in [0, 0.1) is 6.57 Å². The van der Waals surface area contributed by atoms with Crippen LogP contribution in [0.1, 0.15) is 52.4 Å². The van der Waals surface area contributed by atoms with Gasteiger partial charge in [-0.1, -0.05) is 12.1 Å². The fraction of sp³-hybridized carbons (Fsp3) is 0.476. The Balaban J connectivity index is 1.90. The number of nitrogens with one attached hydrogen (secondary N) is 1. The number of aromatic nitrogens is 2. The van der Waals surface area contributed by atoms with Crippen LogP contribution in [0.3, 0.4) is 0 Å². The molecule has 0 amide bonds. The average Bonchev–Trinajstić information content (AvgIpc) is 3.03. The lowest BCUT2D eigenvalue weighted by molar-refractivity contribution is 0.0531. The van der Waals surface area contributed by atoms with Gasteiger partial charge in [-0.05, 0) is 51.3 Å². The summed E-state index contributed by atoms with van der Waals surface area (Å²) >= 11 is 0. The monoisotopic (exact) mass is 368 g/mol. The molecule has 0 bridgehead atoms. The fourth-order valence-electron chi connectivity index (χ4n) is 2.58. The van der Waals surface area contributed by atoms with Gasteiger partial charge in [-0.2, -0.15) is 0 Å². The molecule has 0 fully saturated rings. The lowest BCUT2D eigenvalue weighted by Crippen LogP contribution is -2.27. The van der Waals surface area contributed by atoms with Crippen molar-refractivity contribution in [2.45, 2.75) is 65.1 Å². The number of carbonyl (C=O) groups is 1. The number of anilines is 1. The van der Waals surface area contributed by atoms with Crippen LogP contribution in [-0.2, 0) is 17.6 Å². The summed E-state index contributed by atoms with van der Waals surface area (Å²) in [6.07, 6.45) is 5.32. The molecule has 0 spiro atoms. The third-order valence-electron chi connectivity index (χ3n) is 3.86. The highest BCUT2D eigenvalue weighted by molar-refractivity contribution is 5.71. The Morgan fingerprint density at radius 3 is 2.44 bits per heavy atom. The van der Waals surface area contributed by atoms with Gasteiger partial charge in [0.25, 0.3) is 5.66 Å². The lowest BCUT2D eigenvalue weighted by atomic mass is 10.1. The molecule has 6 heteroatoms. The minimum Gasteiger partial charge on any atom is -0.443 e. The largest absolute Gasteiger partial charge is 0.443 e. The van der Waals surface area contributed by atoms with Crippen molar-refractivity contribution in [1.82, 2.24) is 9.55 Å². The number of aryl methyl sites for hydroxylation is 2. The van der Waals surface area contributed by atoms with Gasteiger partial charge >= 0.3 is 6.09 Å². The number of imidazole rings is 1. The first kappa shape index (κ1) is 20.5. The molecule has 0 aliphatic carbocycles. The molecule has 0 atom stereocenters. The minimum atomic E-state index is -0.611. The predicted octanol–water partition coefficient (Wildman–Crippen LogP) is 4.91. The predicted molar refractivity (Wildman–Crippen MR) is 107 cm³/mol. The molecule has 0 aliphatic rings. The summed E-state index contributed by atoms with van der Waals surface area (Å²) in [5, 5.41) is 3.19. The SMILES string of the molecule is [C-]#[N+]C(C)(C)Nc1ccc(CCCc2nccn2C(=O)OC(C)(C)C)cc1. The zero-order chi connectivity index (χ0) is 20.1. The highest BCUT2D eigenvalue weighted by Crippen LogP contribution is 2.18. The molecule has 0 saturated heterocycles. The maximum atomic E-state index is 12.2. The zero-order valence-corrected chi connectivity index (χ0v) is 16.7. The minimum absolute atomic E-state index is 0.396. The van der Waals surface area contributed by atoms with Gasteiger partial charge in [0.15, 0.2) is 0 Å². The first-order chi connectivity index (χ1) is 12.6. The molecule has 144 valence electrons. The van der Waals surface area contributed by atoms with E-state index in [0.717, 1.165) is 18.5 Å². The van der Waals surface area contributed by atoms with E-state index in [0.29, 0.717) is 12.2 Å². The van der Waals surface area contributed by atoms with E-state index >= 15 is 0 Å². The molecule has 1 heterocycles. The molecular formula is C21H28N4O2. The second-order valence-corrected chi connectivity index (χ2v) is 8.04. The lowest BCUT2D eigenvalue weighted by Gasteiger charge is -2.20. The Morgan fingerprint density at radius 1 is 1.19 bits per heavy atom. The molecule has 2 aromatic rings. The van der Waals surface area contributed by atoms with Crippen LogP contribution in [-0.4, -0.2) is 26.9 Å². The van der Waals surface area contributed by atoms with Crippen molar-refractivity contribution >= 4 is 11.8 Å². The van der Waals surface area contributed by atoms with Crippen molar-refractivity contribution in [3.05, 3.63) is 59.5 Å².